The lowest BCUT2D eigenvalue weighted by molar-refractivity contribution is 0.148. The van der Waals surface area contributed by atoms with Crippen LogP contribution in [0.1, 0.15) is 25.3 Å². The van der Waals surface area contributed by atoms with E-state index in [1.54, 1.807) is 0 Å². The number of likely N-dealkylation sites (N-methyl/N-ethyl adjacent to an activating group) is 1. The highest BCUT2D eigenvalue weighted by molar-refractivity contribution is 5.08. The topological polar surface area (TPSA) is 39.6 Å². The molecular weight excluding hydrogens is 238 g/mol. The molecule has 1 aliphatic heterocycles. The maximum atomic E-state index is 9.21. The van der Waals surface area contributed by atoms with Crippen molar-refractivity contribution < 1.29 is 5.11 Å². The second-order valence-electron chi connectivity index (χ2n) is 5.58. The molecule has 0 bridgehead atoms. The summed E-state index contributed by atoms with van der Waals surface area (Å²) in [5, 5.41) is 9.21. The minimum absolute atomic E-state index is 0.268. The zero-order chi connectivity index (χ0) is 13.7. The Hall–Kier alpha value is -0.970. The Kier molecular flexibility index (Phi) is 5.31. The van der Waals surface area contributed by atoms with Crippen molar-refractivity contribution in [2.75, 3.05) is 26.7 Å². The van der Waals surface area contributed by atoms with E-state index in [2.05, 4.69) is 34.8 Å². The summed E-state index contributed by atoms with van der Waals surface area (Å²) in [6.07, 6.45) is 5.80. The zero-order valence-electron chi connectivity index (χ0n) is 12.0. The van der Waals surface area contributed by atoms with Gasteiger partial charge in [-0.15, -0.1) is 0 Å². The molecule has 1 N–H and O–H groups in total. The van der Waals surface area contributed by atoms with Crippen LogP contribution >= 0.6 is 0 Å². The molecule has 2 unspecified atom stereocenters. The summed E-state index contributed by atoms with van der Waals surface area (Å²) in [7, 11) is 2.17. The average Bonchev–Trinajstić information content (AvgIpc) is 2.55. The molecule has 4 nitrogen and oxygen atoms in total. The Morgan fingerprint density at radius 1 is 1.47 bits per heavy atom. The van der Waals surface area contributed by atoms with Crippen molar-refractivity contribution in [2.45, 2.75) is 38.4 Å². The Morgan fingerprint density at radius 2 is 2.32 bits per heavy atom. The molecule has 0 aliphatic carbocycles. The predicted molar refractivity (Wildman–Crippen MR) is 76.8 cm³/mol. The molecule has 0 saturated carbocycles. The number of hydrogen-bond donors (Lipinski definition) is 1. The van der Waals surface area contributed by atoms with Gasteiger partial charge in [-0.2, -0.15) is 0 Å². The van der Waals surface area contributed by atoms with Crippen LogP contribution in [0, 0.1) is 0 Å². The number of aromatic nitrogens is 1. The summed E-state index contributed by atoms with van der Waals surface area (Å²) in [4.78, 5) is 9.09. The maximum absolute atomic E-state index is 9.21. The molecule has 2 atom stereocenters. The first-order valence-electron chi connectivity index (χ1n) is 7.14. The Labute approximate surface area is 116 Å². The van der Waals surface area contributed by atoms with Gasteiger partial charge in [0, 0.05) is 44.2 Å². The normalized spacial score (nSPS) is 26.3. The summed E-state index contributed by atoms with van der Waals surface area (Å²) in [6, 6.07) is 5.16. The van der Waals surface area contributed by atoms with Crippen LogP contribution in [0.15, 0.2) is 24.5 Å². The average molecular weight is 263 g/mol. The van der Waals surface area contributed by atoms with E-state index in [0.29, 0.717) is 12.1 Å². The van der Waals surface area contributed by atoms with E-state index in [9.17, 15) is 5.11 Å². The summed E-state index contributed by atoms with van der Waals surface area (Å²) in [5.74, 6) is 0. The molecule has 0 radical (unpaired) electrons. The molecule has 1 fully saturated rings. The molecule has 19 heavy (non-hydrogen) atoms. The number of aliphatic hydroxyl groups is 1. The third-order valence-electron chi connectivity index (χ3n) is 4.16. The number of rotatable bonds is 4. The van der Waals surface area contributed by atoms with Crippen molar-refractivity contribution >= 4 is 0 Å². The van der Waals surface area contributed by atoms with Crippen LogP contribution in [0.25, 0.3) is 0 Å². The molecular formula is C15H25N3O. The lowest BCUT2D eigenvalue weighted by Gasteiger charge is -2.30. The second-order valence-corrected chi connectivity index (χ2v) is 5.58. The molecule has 4 heteroatoms. The number of aliphatic hydroxyl groups excluding tert-OH is 1. The summed E-state index contributed by atoms with van der Waals surface area (Å²) < 4.78 is 0. The van der Waals surface area contributed by atoms with Gasteiger partial charge in [0.05, 0.1) is 0 Å². The summed E-state index contributed by atoms with van der Waals surface area (Å²) >= 11 is 0. The lowest BCUT2D eigenvalue weighted by Crippen LogP contribution is -2.41. The van der Waals surface area contributed by atoms with Gasteiger partial charge in [-0.25, -0.2) is 0 Å². The van der Waals surface area contributed by atoms with E-state index in [1.807, 2.05) is 18.5 Å². The first kappa shape index (κ1) is 14.4. The molecule has 1 aliphatic rings. The molecule has 2 rings (SSSR count). The molecule has 2 heterocycles. The van der Waals surface area contributed by atoms with Gasteiger partial charge in [0.25, 0.3) is 0 Å². The summed E-state index contributed by atoms with van der Waals surface area (Å²) in [5.41, 5.74) is 1.27. The van der Waals surface area contributed by atoms with Gasteiger partial charge in [0.2, 0.25) is 0 Å². The zero-order valence-corrected chi connectivity index (χ0v) is 12.0. The van der Waals surface area contributed by atoms with Gasteiger partial charge in [-0.3, -0.25) is 9.88 Å². The van der Waals surface area contributed by atoms with Gasteiger partial charge in [-0.1, -0.05) is 6.07 Å². The van der Waals surface area contributed by atoms with Crippen molar-refractivity contribution in [3.05, 3.63) is 30.1 Å². The molecule has 0 amide bonds. The van der Waals surface area contributed by atoms with Gasteiger partial charge in [-0.05, 0) is 45.0 Å². The molecule has 0 aromatic carbocycles. The third kappa shape index (κ3) is 4.00. The number of pyridine rings is 1. The van der Waals surface area contributed by atoms with Crippen molar-refractivity contribution in [2.24, 2.45) is 0 Å². The van der Waals surface area contributed by atoms with E-state index in [-0.39, 0.29) is 6.61 Å². The van der Waals surface area contributed by atoms with E-state index in [1.165, 1.54) is 12.0 Å². The minimum Gasteiger partial charge on any atom is -0.396 e. The van der Waals surface area contributed by atoms with Crippen molar-refractivity contribution in [1.82, 2.24) is 14.8 Å². The highest BCUT2D eigenvalue weighted by atomic mass is 16.3. The Bertz CT molecular complexity index is 371. The molecule has 106 valence electrons. The molecule has 1 aromatic heterocycles. The fraction of sp³-hybridized carbons (Fsp3) is 0.667. The highest BCUT2D eigenvalue weighted by Gasteiger charge is 2.26. The quantitative estimate of drug-likeness (QED) is 0.890. The van der Waals surface area contributed by atoms with Crippen LogP contribution in [-0.2, 0) is 6.54 Å². The van der Waals surface area contributed by atoms with Gasteiger partial charge in [0.15, 0.2) is 0 Å². The Morgan fingerprint density at radius 3 is 3.00 bits per heavy atom. The summed E-state index contributed by atoms with van der Waals surface area (Å²) in [6.45, 7) is 5.64. The second kappa shape index (κ2) is 6.98. The van der Waals surface area contributed by atoms with Crippen LogP contribution in [0.2, 0.25) is 0 Å². The van der Waals surface area contributed by atoms with E-state index >= 15 is 0 Å². The third-order valence-corrected chi connectivity index (χ3v) is 4.16. The SMILES string of the molecule is CC1CCN(C)C(CCO)CN1Cc1cccnc1. The van der Waals surface area contributed by atoms with Gasteiger partial charge < -0.3 is 10.0 Å². The van der Waals surface area contributed by atoms with Gasteiger partial charge in [0.1, 0.15) is 0 Å². The predicted octanol–water partition coefficient (Wildman–Crippen LogP) is 1.36. The van der Waals surface area contributed by atoms with Crippen LogP contribution in [-0.4, -0.2) is 58.7 Å². The van der Waals surface area contributed by atoms with Crippen molar-refractivity contribution in [3.63, 3.8) is 0 Å². The van der Waals surface area contributed by atoms with Crippen LogP contribution in [0.5, 0.6) is 0 Å². The Balaban J connectivity index is 2.04. The minimum atomic E-state index is 0.268. The van der Waals surface area contributed by atoms with E-state index in [0.717, 1.165) is 26.1 Å². The van der Waals surface area contributed by atoms with E-state index in [4.69, 9.17) is 0 Å². The largest absolute Gasteiger partial charge is 0.396 e. The fourth-order valence-corrected chi connectivity index (χ4v) is 2.75. The first-order valence-corrected chi connectivity index (χ1v) is 7.14. The standard InChI is InChI=1S/C15H25N3O/c1-13-5-8-17(2)15(6-9-19)12-18(13)11-14-4-3-7-16-10-14/h3-4,7,10,13,15,19H,5-6,8-9,11-12H2,1-2H3. The molecule has 0 spiro atoms. The fourth-order valence-electron chi connectivity index (χ4n) is 2.75. The number of hydrogen-bond acceptors (Lipinski definition) is 4. The van der Waals surface area contributed by atoms with Crippen LogP contribution in [0.4, 0.5) is 0 Å². The van der Waals surface area contributed by atoms with Crippen LogP contribution in [0.3, 0.4) is 0 Å². The maximum Gasteiger partial charge on any atom is 0.0446 e. The van der Waals surface area contributed by atoms with Crippen molar-refractivity contribution in [1.29, 1.82) is 0 Å². The smallest absolute Gasteiger partial charge is 0.0446 e. The molecule has 1 aromatic rings. The lowest BCUT2D eigenvalue weighted by atomic mass is 10.1. The van der Waals surface area contributed by atoms with Gasteiger partial charge >= 0.3 is 0 Å². The highest BCUT2D eigenvalue weighted by Crippen LogP contribution is 2.18. The van der Waals surface area contributed by atoms with E-state index < -0.39 is 0 Å². The monoisotopic (exact) mass is 263 g/mol. The van der Waals surface area contributed by atoms with Crippen LogP contribution < -0.4 is 0 Å². The van der Waals surface area contributed by atoms with Crippen molar-refractivity contribution in [3.8, 4) is 0 Å². The molecule has 1 saturated heterocycles. The number of nitrogens with zero attached hydrogens (tertiary/aromatic N) is 3. The first-order chi connectivity index (χ1) is 9.20.